The number of imidazole rings is 1. The van der Waals surface area contributed by atoms with Crippen molar-refractivity contribution >= 4 is 17.7 Å². The maximum Gasteiger partial charge on any atom is 0.233 e. The fraction of sp³-hybridized carbons (Fsp3) is 0.375. The molecule has 112 valence electrons. The number of hydrogen-bond acceptors (Lipinski definition) is 3. The van der Waals surface area contributed by atoms with Crippen molar-refractivity contribution in [2.24, 2.45) is 0 Å². The van der Waals surface area contributed by atoms with Gasteiger partial charge < -0.3 is 5.32 Å². The number of amides is 1. The lowest BCUT2D eigenvalue weighted by Gasteiger charge is -2.13. The van der Waals surface area contributed by atoms with E-state index in [1.54, 1.807) is 6.20 Å². The van der Waals surface area contributed by atoms with E-state index in [0.717, 1.165) is 23.8 Å². The second-order valence-corrected chi connectivity index (χ2v) is 6.28. The zero-order chi connectivity index (χ0) is 15.2. The minimum absolute atomic E-state index is 0.0562. The van der Waals surface area contributed by atoms with Gasteiger partial charge in [0, 0.05) is 24.6 Å². The van der Waals surface area contributed by atoms with Gasteiger partial charge in [-0.25, -0.2) is 4.98 Å². The SMILES string of the molecule is CCCNC(=O)C(C)Sc1nccn1-c1cccc(C)c1. The number of carbonyl (C=O) groups is 1. The first-order valence-corrected chi connectivity index (χ1v) is 8.04. The van der Waals surface area contributed by atoms with E-state index >= 15 is 0 Å². The Morgan fingerprint density at radius 1 is 1.48 bits per heavy atom. The largest absolute Gasteiger partial charge is 0.355 e. The molecule has 0 fully saturated rings. The van der Waals surface area contributed by atoms with E-state index in [-0.39, 0.29) is 11.2 Å². The van der Waals surface area contributed by atoms with Crippen LogP contribution in [-0.2, 0) is 4.79 Å². The van der Waals surface area contributed by atoms with Crippen LogP contribution in [0.1, 0.15) is 25.8 Å². The molecule has 2 aromatic rings. The van der Waals surface area contributed by atoms with Crippen LogP contribution in [0, 0.1) is 6.92 Å². The van der Waals surface area contributed by atoms with Gasteiger partial charge in [0.15, 0.2) is 5.16 Å². The van der Waals surface area contributed by atoms with E-state index in [1.807, 2.05) is 36.7 Å². The van der Waals surface area contributed by atoms with Crippen LogP contribution in [0.15, 0.2) is 41.8 Å². The Kier molecular flexibility index (Phi) is 5.44. The minimum atomic E-state index is -0.164. The van der Waals surface area contributed by atoms with Gasteiger partial charge >= 0.3 is 0 Å². The Hall–Kier alpha value is -1.75. The average molecular weight is 303 g/mol. The molecule has 0 radical (unpaired) electrons. The molecule has 1 aromatic heterocycles. The van der Waals surface area contributed by atoms with Crippen molar-refractivity contribution in [3.63, 3.8) is 0 Å². The number of thioether (sulfide) groups is 1. The quantitative estimate of drug-likeness (QED) is 0.834. The Balaban J connectivity index is 2.12. The van der Waals surface area contributed by atoms with Crippen LogP contribution in [0.2, 0.25) is 0 Å². The van der Waals surface area contributed by atoms with Crippen LogP contribution in [0.3, 0.4) is 0 Å². The predicted octanol–water partition coefficient (Wildman–Crippen LogP) is 3.19. The molecule has 5 heteroatoms. The highest BCUT2D eigenvalue weighted by molar-refractivity contribution is 8.00. The van der Waals surface area contributed by atoms with Gasteiger partial charge in [-0.3, -0.25) is 9.36 Å². The molecule has 1 aromatic carbocycles. The van der Waals surface area contributed by atoms with Crippen molar-refractivity contribution in [1.29, 1.82) is 0 Å². The fourth-order valence-corrected chi connectivity index (χ4v) is 2.86. The standard InChI is InChI=1S/C16H21N3OS/c1-4-8-17-15(20)13(3)21-16-18-9-10-19(16)14-7-5-6-12(2)11-14/h5-7,9-11,13H,4,8H2,1-3H3,(H,17,20). The first kappa shape index (κ1) is 15.6. The highest BCUT2D eigenvalue weighted by Crippen LogP contribution is 2.24. The summed E-state index contributed by atoms with van der Waals surface area (Å²) in [6.45, 7) is 6.73. The Morgan fingerprint density at radius 2 is 2.29 bits per heavy atom. The lowest BCUT2D eigenvalue weighted by Crippen LogP contribution is -2.31. The molecule has 1 unspecified atom stereocenters. The lowest BCUT2D eigenvalue weighted by atomic mass is 10.2. The number of nitrogens with zero attached hydrogens (tertiary/aromatic N) is 2. The number of aryl methyl sites for hydroxylation is 1. The Bertz CT molecular complexity index is 609. The maximum absolute atomic E-state index is 12.0. The molecule has 4 nitrogen and oxygen atoms in total. The summed E-state index contributed by atoms with van der Waals surface area (Å²) >= 11 is 1.48. The van der Waals surface area contributed by atoms with Gasteiger partial charge in [0.25, 0.3) is 0 Å². The van der Waals surface area contributed by atoms with Gasteiger partial charge in [-0.1, -0.05) is 30.8 Å². The third kappa shape index (κ3) is 4.11. The smallest absolute Gasteiger partial charge is 0.233 e. The highest BCUT2D eigenvalue weighted by atomic mass is 32.2. The van der Waals surface area contributed by atoms with Crippen LogP contribution >= 0.6 is 11.8 Å². The highest BCUT2D eigenvalue weighted by Gasteiger charge is 2.17. The molecule has 0 aliphatic heterocycles. The Labute approximate surface area is 130 Å². The second kappa shape index (κ2) is 7.31. The monoisotopic (exact) mass is 303 g/mol. The summed E-state index contributed by atoms with van der Waals surface area (Å²) in [5.41, 5.74) is 2.27. The van der Waals surface area contributed by atoms with Crippen molar-refractivity contribution in [1.82, 2.24) is 14.9 Å². The zero-order valence-electron chi connectivity index (χ0n) is 12.7. The van der Waals surface area contributed by atoms with Crippen molar-refractivity contribution in [3.8, 4) is 5.69 Å². The van der Waals surface area contributed by atoms with Gasteiger partial charge in [0.1, 0.15) is 0 Å². The molecule has 1 atom stereocenters. The topological polar surface area (TPSA) is 46.9 Å². The van der Waals surface area contributed by atoms with Crippen LogP contribution < -0.4 is 5.32 Å². The van der Waals surface area contributed by atoms with E-state index in [1.165, 1.54) is 17.3 Å². The number of hydrogen-bond donors (Lipinski definition) is 1. The molecule has 21 heavy (non-hydrogen) atoms. The molecule has 0 aliphatic rings. The molecular weight excluding hydrogens is 282 g/mol. The maximum atomic E-state index is 12.0. The minimum Gasteiger partial charge on any atom is -0.355 e. The summed E-state index contributed by atoms with van der Waals surface area (Å²) in [4.78, 5) is 16.3. The number of nitrogens with one attached hydrogen (secondary N) is 1. The molecule has 2 rings (SSSR count). The van der Waals surface area contributed by atoms with Crippen LogP contribution in [0.5, 0.6) is 0 Å². The van der Waals surface area contributed by atoms with Crippen LogP contribution in [0.25, 0.3) is 5.69 Å². The van der Waals surface area contributed by atoms with E-state index < -0.39 is 0 Å². The van der Waals surface area contributed by atoms with Gasteiger partial charge in [0.05, 0.1) is 5.25 Å². The third-order valence-electron chi connectivity index (χ3n) is 3.09. The number of benzene rings is 1. The summed E-state index contributed by atoms with van der Waals surface area (Å²) in [5, 5.41) is 3.58. The van der Waals surface area contributed by atoms with Gasteiger partial charge in [-0.05, 0) is 38.0 Å². The number of aromatic nitrogens is 2. The summed E-state index contributed by atoms with van der Waals surface area (Å²) < 4.78 is 2.02. The molecule has 0 aliphatic carbocycles. The van der Waals surface area contributed by atoms with Gasteiger partial charge in [0.2, 0.25) is 5.91 Å². The predicted molar refractivity (Wildman–Crippen MR) is 86.9 cm³/mol. The lowest BCUT2D eigenvalue weighted by molar-refractivity contribution is -0.120. The van der Waals surface area contributed by atoms with E-state index in [4.69, 9.17) is 0 Å². The zero-order valence-corrected chi connectivity index (χ0v) is 13.5. The molecule has 0 saturated carbocycles. The first-order chi connectivity index (χ1) is 10.1. The van der Waals surface area contributed by atoms with Gasteiger partial charge in [-0.15, -0.1) is 0 Å². The first-order valence-electron chi connectivity index (χ1n) is 7.16. The normalized spacial score (nSPS) is 12.1. The van der Waals surface area contributed by atoms with E-state index in [0.29, 0.717) is 0 Å². The third-order valence-corrected chi connectivity index (χ3v) is 4.17. The van der Waals surface area contributed by atoms with Crippen molar-refractivity contribution in [2.75, 3.05) is 6.54 Å². The fourth-order valence-electron chi connectivity index (χ4n) is 1.95. The molecule has 0 bridgehead atoms. The second-order valence-electron chi connectivity index (χ2n) is 4.97. The summed E-state index contributed by atoms with van der Waals surface area (Å²) in [7, 11) is 0. The average Bonchev–Trinajstić information content (AvgIpc) is 2.92. The number of carbonyl (C=O) groups excluding carboxylic acids is 1. The van der Waals surface area contributed by atoms with Crippen molar-refractivity contribution < 1.29 is 4.79 Å². The van der Waals surface area contributed by atoms with E-state index in [2.05, 4.69) is 29.4 Å². The van der Waals surface area contributed by atoms with Crippen molar-refractivity contribution in [3.05, 3.63) is 42.2 Å². The Morgan fingerprint density at radius 3 is 3.00 bits per heavy atom. The van der Waals surface area contributed by atoms with Crippen molar-refractivity contribution in [2.45, 2.75) is 37.6 Å². The molecular formula is C16H21N3OS. The summed E-state index contributed by atoms with van der Waals surface area (Å²) in [6, 6.07) is 8.23. The number of rotatable bonds is 6. The molecule has 1 amide bonds. The molecule has 0 saturated heterocycles. The van der Waals surface area contributed by atoms with Crippen LogP contribution in [-0.4, -0.2) is 27.3 Å². The van der Waals surface area contributed by atoms with E-state index in [9.17, 15) is 4.79 Å². The molecule has 0 spiro atoms. The summed E-state index contributed by atoms with van der Waals surface area (Å²) in [6.07, 6.45) is 4.64. The molecule has 1 N–H and O–H groups in total. The van der Waals surface area contributed by atoms with Gasteiger partial charge in [-0.2, -0.15) is 0 Å². The van der Waals surface area contributed by atoms with Crippen LogP contribution in [0.4, 0.5) is 0 Å². The molecule has 1 heterocycles. The summed E-state index contributed by atoms with van der Waals surface area (Å²) in [5.74, 6) is 0.0562.